The van der Waals surface area contributed by atoms with Crippen molar-refractivity contribution >= 4 is 11.9 Å². The molecule has 0 radical (unpaired) electrons. The smallest absolute Gasteiger partial charge is 0.230 e. The van der Waals surface area contributed by atoms with E-state index >= 15 is 0 Å². The second-order valence-corrected chi connectivity index (χ2v) is 5.13. The zero-order valence-corrected chi connectivity index (χ0v) is 11.5. The van der Waals surface area contributed by atoms with E-state index in [-0.39, 0.29) is 0 Å². The van der Waals surface area contributed by atoms with E-state index in [0.29, 0.717) is 0 Å². The highest BCUT2D eigenvalue weighted by Gasteiger charge is 2.19. The van der Waals surface area contributed by atoms with Crippen molar-refractivity contribution < 1.29 is 4.74 Å². The summed E-state index contributed by atoms with van der Waals surface area (Å²) in [6, 6.07) is 0. The summed E-state index contributed by atoms with van der Waals surface area (Å²) in [5, 5.41) is 0. The third-order valence-electron chi connectivity index (χ3n) is 3.66. The summed E-state index contributed by atoms with van der Waals surface area (Å²) in [5.74, 6) is 2.45. The number of anilines is 2. The van der Waals surface area contributed by atoms with E-state index in [2.05, 4.69) is 24.8 Å². The third-order valence-corrected chi connectivity index (χ3v) is 3.66. The number of hydrogen-bond acceptors (Lipinski definition) is 6. The Balaban J connectivity index is 1.82. The minimum Gasteiger partial charge on any atom is -0.378 e. The van der Waals surface area contributed by atoms with Gasteiger partial charge in [-0.05, 0) is 26.2 Å². The van der Waals surface area contributed by atoms with E-state index in [1.165, 1.54) is 19.3 Å². The molecule has 104 valence electrons. The number of piperidine rings is 1. The van der Waals surface area contributed by atoms with Gasteiger partial charge in [-0.2, -0.15) is 15.0 Å². The number of aryl methyl sites for hydroxylation is 1. The zero-order chi connectivity index (χ0) is 13.1. The summed E-state index contributed by atoms with van der Waals surface area (Å²) in [7, 11) is 0. The van der Waals surface area contributed by atoms with Gasteiger partial charge in [-0.1, -0.05) is 0 Å². The molecule has 0 aliphatic carbocycles. The Bertz CT molecular complexity index is 391. The molecule has 0 saturated carbocycles. The van der Waals surface area contributed by atoms with Crippen LogP contribution in [0, 0.1) is 6.92 Å². The molecule has 2 aliphatic heterocycles. The van der Waals surface area contributed by atoms with Crippen molar-refractivity contribution in [1.29, 1.82) is 0 Å². The first-order chi connectivity index (χ1) is 9.33. The molecular formula is C13H21N5O. The fraction of sp³-hybridized carbons (Fsp3) is 0.769. The van der Waals surface area contributed by atoms with E-state index in [1.54, 1.807) is 0 Å². The van der Waals surface area contributed by atoms with Crippen LogP contribution in [0.25, 0.3) is 0 Å². The molecule has 0 amide bonds. The largest absolute Gasteiger partial charge is 0.378 e. The SMILES string of the molecule is Cc1nc(N2CCCCC2)nc(N2CCOCC2)n1. The highest BCUT2D eigenvalue weighted by molar-refractivity contribution is 5.39. The fourth-order valence-electron chi connectivity index (χ4n) is 2.59. The van der Waals surface area contributed by atoms with Gasteiger partial charge in [0.25, 0.3) is 0 Å². The molecule has 0 aromatic carbocycles. The zero-order valence-electron chi connectivity index (χ0n) is 11.5. The van der Waals surface area contributed by atoms with Gasteiger partial charge in [0.2, 0.25) is 11.9 Å². The standard InChI is InChI=1S/C13H21N5O/c1-11-14-12(17-5-3-2-4-6-17)16-13(15-11)18-7-9-19-10-8-18/h2-10H2,1H3. The number of nitrogens with zero attached hydrogens (tertiary/aromatic N) is 5. The van der Waals surface area contributed by atoms with E-state index in [1.807, 2.05) is 6.92 Å². The van der Waals surface area contributed by atoms with Gasteiger partial charge in [0.15, 0.2) is 0 Å². The van der Waals surface area contributed by atoms with Crippen LogP contribution in [-0.2, 0) is 4.74 Å². The minimum atomic E-state index is 0.754. The Morgan fingerprint density at radius 3 is 2.00 bits per heavy atom. The molecule has 2 fully saturated rings. The highest BCUT2D eigenvalue weighted by atomic mass is 16.5. The number of ether oxygens (including phenoxy) is 1. The van der Waals surface area contributed by atoms with Crippen LogP contribution in [0.3, 0.4) is 0 Å². The number of aromatic nitrogens is 3. The second kappa shape index (κ2) is 5.69. The predicted octanol–water partition coefficient (Wildman–Crippen LogP) is 1.01. The molecule has 2 saturated heterocycles. The summed E-state index contributed by atoms with van der Waals surface area (Å²) < 4.78 is 5.37. The monoisotopic (exact) mass is 263 g/mol. The Morgan fingerprint density at radius 1 is 0.789 bits per heavy atom. The molecular weight excluding hydrogens is 242 g/mol. The summed E-state index contributed by atoms with van der Waals surface area (Å²) >= 11 is 0. The first-order valence-electron chi connectivity index (χ1n) is 7.13. The van der Waals surface area contributed by atoms with Gasteiger partial charge in [-0.3, -0.25) is 0 Å². The Hall–Kier alpha value is -1.43. The normalized spacial score (nSPS) is 20.7. The molecule has 0 bridgehead atoms. The Kier molecular flexibility index (Phi) is 3.77. The van der Waals surface area contributed by atoms with Crippen molar-refractivity contribution in [2.45, 2.75) is 26.2 Å². The maximum Gasteiger partial charge on any atom is 0.230 e. The lowest BCUT2D eigenvalue weighted by Crippen LogP contribution is -2.38. The molecule has 3 rings (SSSR count). The highest BCUT2D eigenvalue weighted by Crippen LogP contribution is 2.18. The molecule has 6 heteroatoms. The quantitative estimate of drug-likeness (QED) is 0.793. The Morgan fingerprint density at radius 2 is 1.37 bits per heavy atom. The second-order valence-electron chi connectivity index (χ2n) is 5.13. The summed E-state index contributed by atoms with van der Waals surface area (Å²) in [6.45, 7) is 7.30. The predicted molar refractivity (Wildman–Crippen MR) is 73.7 cm³/mol. The van der Waals surface area contributed by atoms with Crippen LogP contribution in [0.15, 0.2) is 0 Å². The van der Waals surface area contributed by atoms with Crippen molar-refractivity contribution in [3.8, 4) is 0 Å². The van der Waals surface area contributed by atoms with Crippen molar-refractivity contribution in [2.75, 3.05) is 49.2 Å². The first-order valence-corrected chi connectivity index (χ1v) is 7.13. The third kappa shape index (κ3) is 2.94. The van der Waals surface area contributed by atoms with Crippen molar-refractivity contribution in [2.24, 2.45) is 0 Å². The maximum absolute atomic E-state index is 5.37. The van der Waals surface area contributed by atoms with Crippen molar-refractivity contribution in [3.63, 3.8) is 0 Å². The fourth-order valence-corrected chi connectivity index (χ4v) is 2.59. The van der Waals surface area contributed by atoms with Crippen LogP contribution in [0.2, 0.25) is 0 Å². The average molecular weight is 263 g/mol. The van der Waals surface area contributed by atoms with Gasteiger partial charge in [0.05, 0.1) is 13.2 Å². The van der Waals surface area contributed by atoms with Crippen LogP contribution >= 0.6 is 0 Å². The molecule has 2 aliphatic rings. The lowest BCUT2D eigenvalue weighted by molar-refractivity contribution is 0.122. The topological polar surface area (TPSA) is 54.4 Å². The van der Waals surface area contributed by atoms with Crippen LogP contribution in [0.4, 0.5) is 11.9 Å². The maximum atomic E-state index is 5.37. The van der Waals surface area contributed by atoms with Crippen LogP contribution in [-0.4, -0.2) is 54.3 Å². The molecule has 3 heterocycles. The molecule has 1 aromatic heterocycles. The van der Waals surface area contributed by atoms with Gasteiger partial charge in [-0.15, -0.1) is 0 Å². The lowest BCUT2D eigenvalue weighted by Gasteiger charge is -2.30. The van der Waals surface area contributed by atoms with E-state index < -0.39 is 0 Å². The van der Waals surface area contributed by atoms with Crippen molar-refractivity contribution in [3.05, 3.63) is 5.82 Å². The van der Waals surface area contributed by atoms with E-state index in [4.69, 9.17) is 4.74 Å². The van der Waals surface area contributed by atoms with Gasteiger partial charge >= 0.3 is 0 Å². The Labute approximate surface area is 113 Å². The molecule has 0 N–H and O–H groups in total. The number of morpholine rings is 1. The molecule has 0 atom stereocenters. The summed E-state index contributed by atoms with van der Waals surface area (Å²) in [6.07, 6.45) is 3.78. The van der Waals surface area contributed by atoms with E-state index in [9.17, 15) is 0 Å². The summed E-state index contributed by atoms with van der Waals surface area (Å²) in [4.78, 5) is 18.1. The molecule has 6 nitrogen and oxygen atoms in total. The van der Waals surface area contributed by atoms with Crippen LogP contribution in [0.5, 0.6) is 0 Å². The minimum absolute atomic E-state index is 0.754. The average Bonchev–Trinajstić information content (AvgIpc) is 2.48. The van der Waals surface area contributed by atoms with E-state index in [0.717, 1.165) is 57.1 Å². The van der Waals surface area contributed by atoms with Gasteiger partial charge in [0, 0.05) is 26.2 Å². The lowest BCUT2D eigenvalue weighted by atomic mass is 10.1. The van der Waals surface area contributed by atoms with Gasteiger partial charge in [0.1, 0.15) is 5.82 Å². The summed E-state index contributed by atoms with van der Waals surface area (Å²) in [5.41, 5.74) is 0. The number of hydrogen-bond donors (Lipinski definition) is 0. The van der Waals surface area contributed by atoms with Gasteiger partial charge < -0.3 is 14.5 Å². The first kappa shape index (κ1) is 12.6. The van der Waals surface area contributed by atoms with Gasteiger partial charge in [-0.25, -0.2) is 0 Å². The van der Waals surface area contributed by atoms with Crippen LogP contribution < -0.4 is 9.80 Å². The molecule has 0 spiro atoms. The molecule has 1 aromatic rings. The molecule has 0 unspecified atom stereocenters. The molecule has 19 heavy (non-hydrogen) atoms. The van der Waals surface area contributed by atoms with Crippen molar-refractivity contribution in [1.82, 2.24) is 15.0 Å². The number of rotatable bonds is 2. The van der Waals surface area contributed by atoms with Crippen LogP contribution in [0.1, 0.15) is 25.1 Å².